The van der Waals surface area contributed by atoms with Crippen LogP contribution in [0.5, 0.6) is 0 Å². The summed E-state index contributed by atoms with van der Waals surface area (Å²) in [4.78, 5) is 18.4. The highest BCUT2D eigenvalue weighted by Crippen LogP contribution is 2.35. The van der Waals surface area contributed by atoms with Crippen LogP contribution in [0.3, 0.4) is 0 Å². The lowest BCUT2D eigenvalue weighted by Gasteiger charge is -2.03. The summed E-state index contributed by atoms with van der Waals surface area (Å²) >= 11 is 1.71. The molecule has 6 aromatic rings. The third-order valence-corrected chi connectivity index (χ3v) is 6.38. The molecule has 8 heteroatoms. The van der Waals surface area contributed by atoms with Crippen molar-refractivity contribution in [3.8, 4) is 33.2 Å². The lowest BCUT2D eigenvalue weighted by Crippen LogP contribution is -1.96. The van der Waals surface area contributed by atoms with Crippen molar-refractivity contribution in [2.75, 3.05) is 0 Å². The highest BCUT2D eigenvalue weighted by molar-refractivity contribution is 7.13. The van der Waals surface area contributed by atoms with Crippen molar-refractivity contribution in [1.29, 1.82) is 0 Å². The minimum atomic E-state index is 0.791. The van der Waals surface area contributed by atoms with Gasteiger partial charge in [-0.2, -0.15) is 5.10 Å². The zero-order valence-electron chi connectivity index (χ0n) is 16.3. The van der Waals surface area contributed by atoms with Crippen molar-refractivity contribution < 1.29 is 0 Å². The Kier molecular flexibility index (Phi) is 3.63. The molecule has 0 saturated carbocycles. The van der Waals surface area contributed by atoms with E-state index < -0.39 is 0 Å². The summed E-state index contributed by atoms with van der Waals surface area (Å²) in [5.74, 6) is 0.948. The van der Waals surface area contributed by atoms with E-state index in [0.717, 1.165) is 56.1 Å². The number of imidazole rings is 1. The number of aromatic nitrogens is 7. The molecule has 0 amide bonds. The lowest BCUT2D eigenvalue weighted by molar-refractivity contribution is 0.862. The minimum Gasteiger partial charge on any atom is -0.352 e. The van der Waals surface area contributed by atoms with Crippen molar-refractivity contribution in [1.82, 2.24) is 34.7 Å². The van der Waals surface area contributed by atoms with Crippen LogP contribution in [0.1, 0.15) is 5.82 Å². The second kappa shape index (κ2) is 6.36. The largest absolute Gasteiger partial charge is 0.352 e. The van der Waals surface area contributed by atoms with E-state index in [4.69, 9.17) is 4.98 Å². The number of aromatic amines is 2. The fraction of sp³-hybridized carbons (Fsp3) is 0.0909. The van der Waals surface area contributed by atoms with Gasteiger partial charge in [-0.3, -0.25) is 10.1 Å². The standard InChI is InChI=1S/C22H17N7S/c1-12-24-11-19(29(12)2)15-5-6-16-21(26-15)22(28-27-16)17-8-13-14(20-4-3-7-30-20)9-23-10-18(13)25-17/h3-11,25H,1-2H3,(H,27,28). The SMILES string of the molecule is Cc1ncc(-c2ccc3[nH]nc(-c4cc5c(-c6cccs6)cncc5[nH]4)c3n2)n1C. The quantitative estimate of drug-likeness (QED) is 0.432. The molecule has 0 fully saturated rings. The van der Waals surface area contributed by atoms with Crippen molar-refractivity contribution in [2.24, 2.45) is 7.05 Å². The van der Waals surface area contributed by atoms with Gasteiger partial charge >= 0.3 is 0 Å². The summed E-state index contributed by atoms with van der Waals surface area (Å²) in [6.07, 6.45) is 5.61. The van der Waals surface area contributed by atoms with Crippen LogP contribution in [0.25, 0.3) is 55.2 Å². The molecule has 0 bridgehead atoms. The number of nitrogens with zero attached hydrogens (tertiary/aromatic N) is 5. The van der Waals surface area contributed by atoms with Crippen molar-refractivity contribution in [3.05, 3.63) is 60.1 Å². The van der Waals surface area contributed by atoms with Gasteiger partial charge in [-0.05, 0) is 36.6 Å². The Morgan fingerprint density at radius 1 is 1.07 bits per heavy atom. The monoisotopic (exact) mass is 411 g/mol. The second-order valence-electron chi connectivity index (χ2n) is 7.22. The highest BCUT2D eigenvalue weighted by Gasteiger charge is 2.16. The van der Waals surface area contributed by atoms with Crippen LogP contribution in [-0.2, 0) is 7.05 Å². The van der Waals surface area contributed by atoms with E-state index in [1.165, 1.54) is 4.88 Å². The van der Waals surface area contributed by atoms with Gasteiger partial charge in [0.05, 0.1) is 40.5 Å². The Hall–Kier alpha value is -3.78. The second-order valence-corrected chi connectivity index (χ2v) is 8.17. The first-order chi connectivity index (χ1) is 14.7. The maximum Gasteiger partial charge on any atom is 0.135 e. The Labute approximate surface area is 175 Å². The zero-order chi connectivity index (χ0) is 20.2. The summed E-state index contributed by atoms with van der Waals surface area (Å²) in [7, 11) is 2.00. The van der Waals surface area contributed by atoms with Gasteiger partial charge in [-0.1, -0.05) is 6.07 Å². The van der Waals surface area contributed by atoms with E-state index in [1.807, 2.05) is 49.3 Å². The zero-order valence-corrected chi connectivity index (χ0v) is 17.2. The minimum absolute atomic E-state index is 0.791. The number of aryl methyl sites for hydroxylation is 1. The Morgan fingerprint density at radius 2 is 2.00 bits per heavy atom. The Bertz CT molecular complexity index is 1520. The Morgan fingerprint density at radius 3 is 2.80 bits per heavy atom. The molecule has 0 spiro atoms. The number of thiophene rings is 1. The third-order valence-electron chi connectivity index (χ3n) is 5.48. The molecular weight excluding hydrogens is 394 g/mol. The molecule has 0 atom stereocenters. The van der Waals surface area contributed by atoms with Crippen LogP contribution >= 0.6 is 11.3 Å². The van der Waals surface area contributed by atoms with Gasteiger partial charge < -0.3 is 9.55 Å². The first-order valence-electron chi connectivity index (χ1n) is 9.54. The number of hydrogen-bond donors (Lipinski definition) is 2. The highest BCUT2D eigenvalue weighted by atomic mass is 32.1. The molecule has 6 aromatic heterocycles. The maximum absolute atomic E-state index is 4.91. The van der Waals surface area contributed by atoms with E-state index >= 15 is 0 Å². The van der Waals surface area contributed by atoms with Crippen LogP contribution in [0.4, 0.5) is 0 Å². The number of pyridine rings is 2. The summed E-state index contributed by atoms with van der Waals surface area (Å²) in [6.45, 7) is 1.98. The molecule has 0 aliphatic heterocycles. The van der Waals surface area contributed by atoms with Crippen LogP contribution in [0.2, 0.25) is 0 Å². The van der Waals surface area contributed by atoms with E-state index in [-0.39, 0.29) is 0 Å². The maximum atomic E-state index is 4.91. The van der Waals surface area contributed by atoms with Gasteiger partial charge in [0.1, 0.15) is 17.0 Å². The van der Waals surface area contributed by atoms with Crippen molar-refractivity contribution >= 4 is 33.3 Å². The molecule has 30 heavy (non-hydrogen) atoms. The predicted molar refractivity (Wildman–Crippen MR) is 119 cm³/mol. The van der Waals surface area contributed by atoms with E-state index in [0.29, 0.717) is 0 Å². The van der Waals surface area contributed by atoms with E-state index in [9.17, 15) is 0 Å². The average Bonchev–Trinajstić information content (AvgIpc) is 3.54. The molecule has 0 aliphatic rings. The fourth-order valence-electron chi connectivity index (χ4n) is 3.78. The van der Waals surface area contributed by atoms with Crippen LogP contribution in [0, 0.1) is 6.92 Å². The molecule has 6 heterocycles. The summed E-state index contributed by atoms with van der Waals surface area (Å²) in [6, 6.07) is 10.3. The van der Waals surface area contributed by atoms with E-state index in [1.54, 1.807) is 11.3 Å². The summed E-state index contributed by atoms with van der Waals surface area (Å²) in [5, 5.41) is 10.9. The van der Waals surface area contributed by atoms with Crippen molar-refractivity contribution in [2.45, 2.75) is 6.92 Å². The number of nitrogens with one attached hydrogen (secondary N) is 2. The number of fused-ring (bicyclic) bond motifs is 2. The van der Waals surface area contributed by atoms with Gasteiger partial charge in [0, 0.05) is 29.1 Å². The van der Waals surface area contributed by atoms with E-state index in [2.05, 4.69) is 48.7 Å². The number of hydrogen-bond acceptors (Lipinski definition) is 5. The van der Waals surface area contributed by atoms with Gasteiger partial charge in [-0.15, -0.1) is 11.3 Å². The molecule has 0 aromatic carbocycles. The topological polar surface area (TPSA) is 88.1 Å². The Balaban J connectivity index is 1.53. The summed E-state index contributed by atoms with van der Waals surface area (Å²) < 4.78 is 2.04. The van der Waals surface area contributed by atoms with Gasteiger partial charge in [-0.25, -0.2) is 9.97 Å². The molecular formula is C22H17N7S. The molecule has 0 unspecified atom stereocenters. The van der Waals surface area contributed by atoms with Gasteiger partial charge in [0.2, 0.25) is 0 Å². The van der Waals surface area contributed by atoms with Gasteiger partial charge in [0.25, 0.3) is 0 Å². The van der Waals surface area contributed by atoms with Crippen molar-refractivity contribution in [3.63, 3.8) is 0 Å². The molecule has 0 aliphatic carbocycles. The molecule has 0 saturated heterocycles. The van der Waals surface area contributed by atoms with Crippen LogP contribution in [-0.4, -0.2) is 34.7 Å². The smallest absolute Gasteiger partial charge is 0.135 e. The third kappa shape index (κ3) is 2.50. The molecule has 7 nitrogen and oxygen atoms in total. The fourth-order valence-corrected chi connectivity index (χ4v) is 4.53. The average molecular weight is 411 g/mol. The first kappa shape index (κ1) is 17.1. The molecule has 0 radical (unpaired) electrons. The number of rotatable bonds is 3. The van der Waals surface area contributed by atoms with Crippen LogP contribution in [0.15, 0.2) is 54.3 Å². The molecule has 6 rings (SSSR count). The van der Waals surface area contributed by atoms with Crippen LogP contribution < -0.4 is 0 Å². The summed E-state index contributed by atoms with van der Waals surface area (Å²) in [5.41, 5.74) is 7.35. The first-order valence-corrected chi connectivity index (χ1v) is 10.4. The number of H-pyrrole nitrogens is 2. The van der Waals surface area contributed by atoms with Gasteiger partial charge in [0.15, 0.2) is 0 Å². The molecule has 2 N–H and O–H groups in total. The lowest BCUT2D eigenvalue weighted by atomic mass is 10.1. The predicted octanol–water partition coefficient (Wildman–Crippen LogP) is 4.94. The normalized spacial score (nSPS) is 11.7. The molecule has 146 valence electrons.